The van der Waals surface area contributed by atoms with E-state index >= 15 is 0 Å². The largest absolute Gasteiger partial charge is 0.457 e. The number of nitrogens with zero attached hydrogens (tertiary/aromatic N) is 3. The summed E-state index contributed by atoms with van der Waals surface area (Å²) in [6.45, 7) is 0. The number of carbonyl (C=O) groups excluding carboxylic acids is 1. The molecule has 8 nitrogen and oxygen atoms in total. The zero-order valence-corrected chi connectivity index (χ0v) is 19.4. The second-order valence-electron chi connectivity index (χ2n) is 7.75. The molecule has 0 bridgehead atoms. The third kappa shape index (κ3) is 5.31. The molecule has 0 radical (unpaired) electrons. The number of aromatic amines is 1. The van der Waals surface area contributed by atoms with Crippen molar-refractivity contribution in [3.63, 3.8) is 0 Å². The molecule has 2 heterocycles. The van der Waals surface area contributed by atoms with Crippen molar-refractivity contribution in [1.29, 1.82) is 0 Å². The highest BCUT2D eigenvalue weighted by atomic mass is 35.5. The number of para-hydroxylation sites is 1. The molecule has 0 unspecified atom stereocenters. The van der Waals surface area contributed by atoms with Gasteiger partial charge in [-0.1, -0.05) is 23.7 Å². The van der Waals surface area contributed by atoms with E-state index in [1.807, 2.05) is 18.2 Å². The molecule has 37 heavy (non-hydrogen) atoms. The molecule has 5 rings (SSSR count). The lowest BCUT2D eigenvalue weighted by molar-refractivity contribution is -0.137. The highest BCUT2D eigenvalue weighted by Gasteiger charge is 2.31. The van der Waals surface area contributed by atoms with Crippen molar-refractivity contribution in [3.05, 3.63) is 89.8 Å². The van der Waals surface area contributed by atoms with E-state index in [0.29, 0.717) is 28.5 Å². The van der Waals surface area contributed by atoms with Crippen LogP contribution in [0.1, 0.15) is 5.56 Å². The summed E-state index contributed by atoms with van der Waals surface area (Å²) in [7, 11) is 0. The molecule has 5 aromatic rings. The van der Waals surface area contributed by atoms with E-state index in [9.17, 15) is 18.0 Å². The van der Waals surface area contributed by atoms with Crippen LogP contribution in [0, 0.1) is 0 Å². The smallest absolute Gasteiger partial charge is 0.416 e. The van der Waals surface area contributed by atoms with Crippen molar-refractivity contribution in [2.45, 2.75) is 6.18 Å². The number of carbonyl (C=O) groups is 1. The summed E-state index contributed by atoms with van der Waals surface area (Å²) in [6.07, 6.45) is -1.45. The molecule has 0 aliphatic carbocycles. The molecule has 186 valence electrons. The van der Waals surface area contributed by atoms with Crippen LogP contribution < -0.4 is 15.4 Å². The molecule has 0 atom stereocenters. The molecule has 2 amide bonds. The SMILES string of the molecule is O=C(Nc1ccc(Oc2ccccc2-c2ncnc3[nH]ncc23)cc1)Nc1ccc(C(F)(F)F)cc1Cl. The van der Waals surface area contributed by atoms with Gasteiger partial charge in [0.2, 0.25) is 0 Å². The first-order valence-corrected chi connectivity index (χ1v) is 11.1. The van der Waals surface area contributed by atoms with Crippen LogP contribution in [0.15, 0.2) is 79.3 Å². The Morgan fingerprint density at radius 1 is 0.973 bits per heavy atom. The van der Waals surface area contributed by atoms with Crippen LogP contribution in [-0.4, -0.2) is 26.2 Å². The summed E-state index contributed by atoms with van der Waals surface area (Å²) >= 11 is 5.89. The van der Waals surface area contributed by atoms with Crippen molar-refractivity contribution in [2.24, 2.45) is 0 Å². The molecule has 0 aliphatic rings. The lowest BCUT2D eigenvalue weighted by Crippen LogP contribution is -2.19. The molecular formula is C25H16ClF3N6O2. The number of urea groups is 1. The van der Waals surface area contributed by atoms with Gasteiger partial charge < -0.3 is 15.4 Å². The van der Waals surface area contributed by atoms with Crippen molar-refractivity contribution >= 4 is 40.0 Å². The summed E-state index contributed by atoms with van der Waals surface area (Å²) < 4.78 is 44.5. The number of ether oxygens (including phenoxy) is 1. The number of aromatic nitrogens is 4. The molecule has 3 N–H and O–H groups in total. The molecule has 0 aliphatic heterocycles. The maximum Gasteiger partial charge on any atom is 0.416 e. The van der Waals surface area contributed by atoms with Crippen LogP contribution in [0.2, 0.25) is 5.02 Å². The first-order chi connectivity index (χ1) is 17.8. The zero-order chi connectivity index (χ0) is 26.0. The van der Waals surface area contributed by atoms with Gasteiger partial charge in [-0.05, 0) is 54.6 Å². The molecule has 0 saturated carbocycles. The van der Waals surface area contributed by atoms with Gasteiger partial charge in [0.15, 0.2) is 5.65 Å². The maximum absolute atomic E-state index is 12.8. The Bertz CT molecular complexity index is 1590. The molecule has 0 fully saturated rings. The first kappa shape index (κ1) is 24.1. The molecule has 0 saturated heterocycles. The van der Waals surface area contributed by atoms with Crippen LogP contribution in [0.4, 0.5) is 29.3 Å². The molecular weight excluding hydrogens is 509 g/mol. The van der Waals surface area contributed by atoms with E-state index in [1.165, 1.54) is 6.33 Å². The van der Waals surface area contributed by atoms with Crippen LogP contribution in [0.3, 0.4) is 0 Å². The third-order valence-electron chi connectivity index (χ3n) is 5.27. The van der Waals surface area contributed by atoms with Crippen molar-refractivity contribution < 1.29 is 22.7 Å². The minimum absolute atomic E-state index is 0.0418. The van der Waals surface area contributed by atoms with E-state index in [2.05, 4.69) is 30.8 Å². The zero-order valence-electron chi connectivity index (χ0n) is 18.7. The maximum atomic E-state index is 12.8. The summed E-state index contributed by atoms with van der Waals surface area (Å²) in [5.41, 5.74) is 1.57. The van der Waals surface area contributed by atoms with Gasteiger partial charge in [0.25, 0.3) is 0 Å². The standard InChI is InChI=1S/C25H16ClF3N6O2/c26-19-11-14(25(27,28)29)5-10-20(19)34-24(36)33-15-6-8-16(9-7-15)37-21-4-2-1-3-17(21)22-18-12-32-35-23(18)31-13-30-22/h1-13H,(H2,33,34,36)(H,30,31,32,35). The number of fused-ring (bicyclic) bond motifs is 1. The van der Waals surface area contributed by atoms with Crippen molar-refractivity contribution in [1.82, 2.24) is 20.2 Å². The van der Waals surface area contributed by atoms with E-state index in [1.54, 1.807) is 36.5 Å². The molecule has 3 aromatic carbocycles. The highest BCUT2D eigenvalue weighted by Crippen LogP contribution is 2.36. The van der Waals surface area contributed by atoms with Gasteiger partial charge in [0.05, 0.1) is 33.6 Å². The van der Waals surface area contributed by atoms with Gasteiger partial charge in [-0.15, -0.1) is 0 Å². The van der Waals surface area contributed by atoms with Gasteiger partial charge in [-0.2, -0.15) is 18.3 Å². The Kier molecular flexibility index (Phi) is 6.36. The molecule has 2 aromatic heterocycles. The van der Waals surface area contributed by atoms with E-state index in [-0.39, 0.29) is 10.7 Å². The Morgan fingerprint density at radius 3 is 2.51 bits per heavy atom. The summed E-state index contributed by atoms with van der Waals surface area (Å²) in [5.74, 6) is 1.06. The number of H-pyrrole nitrogens is 1. The summed E-state index contributed by atoms with van der Waals surface area (Å²) in [6, 6.07) is 15.9. The van der Waals surface area contributed by atoms with Crippen molar-refractivity contribution in [3.8, 4) is 22.8 Å². The van der Waals surface area contributed by atoms with Gasteiger partial charge in [0, 0.05) is 11.3 Å². The fraction of sp³-hybridized carbons (Fsp3) is 0.0400. The second-order valence-corrected chi connectivity index (χ2v) is 8.16. The quantitative estimate of drug-likeness (QED) is 0.227. The Labute approximate surface area is 212 Å². The van der Waals surface area contributed by atoms with Gasteiger partial charge in [-0.3, -0.25) is 5.10 Å². The fourth-order valence-electron chi connectivity index (χ4n) is 3.54. The first-order valence-electron chi connectivity index (χ1n) is 10.7. The topological polar surface area (TPSA) is 105 Å². The predicted molar refractivity (Wildman–Crippen MR) is 133 cm³/mol. The number of alkyl halides is 3. The summed E-state index contributed by atoms with van der Waals surface area (Å²) in [5, 5.41) is 12.4. The minimum Gasteiger partial charge on any atom is -0.457 e. The third-order valence-corrected chi connectivity index (χ3v) is 5.59. The second kappa shape index (κ2) is 9.78. The van der Waals surface area contributed by atoms with Crippen LogP contribution in [-0.2, 0) is 6.18 Å². The monoisotopic (exact) mass is 524 g/mol. The number of anilines is 2. The van der Waals surface area contributed by atoms with Gasteiger partial charge >= 0.3 is 12.2 Å². The average molecular weight is 525 g/mol. The number of nitrogens with one attached hydrogen (secondary N) is 3. The number of amides is 2. The summed E-state index contributed by atoms with van der Waals surface area (Å²) in [4.78, 5) is 20.9. The van der Waals surface area contributed by atoms with Gasteiger partial charge in [-0.25, -0.2) is 14.8 Å². The Morgan fingerprint density at radius 2 is 1.76 bits per heavy atom. The fourth-order valence-corrected chi connectivity index (χ4v) is 3.77. The predicted octanol–water partition coefficient (Wildman–Crippen LogP) is 7.13. The van der Waals surface area contributed by atoms with Crippen LogP contribution in [0.5, 0.6) is 11.5 Å². The number of hydrogen-bond donors (Lipinski definition) is 3. The van der Waals surface area contributed by atoms with Gasteiger partial charge in [0.1, 0.15) is 17.8 Å². The Hall–Kier alpha value is -4.64. The number of halogens is 4. The number of hydrogen-bond acceptors (Lipinski definition) is 5. The normalized spacial score (nSPS) is 11.4. The molecule has 0 spiro atoms. The number of rotatable bonds is 5. The minimum atomic E-state index is -4.53. The highest BCUT2D eigenvalue weighted by molar-refractivity contribution is 6.33. The van der Waals surface area contributed by atoms with E-state index in [0.717, 1.165) is 29.1 Å². The Balaban J connectivity index is 1.28. The van der Waals surface area contributed by atoms with Crippen LogP contribution >= 0.6 is 11.6 Å². The van der Waals surface area contributed by atoms with E-state index in [4.69, 9.17) is 16.3 Å². The lowest BCUT2D eigenvalue weighted by atomic mass is 10.1. The van der Waals surface area contributed by atoms with Crippen LogP contribution in [0.25, 0.3) is 22.3 Å². The average Bonchev–Trinajstić information content (AvgIpc) is 3.35. The molecule has 12 heteroatoms. The van der Waals surface area contributed by atoms with Crippen molar-refractivity contribution in [2.75, 3.05) is 10.6 Å². The van der Waals surface area contributed by atoms with E-state index < -0.39 is 17.8 Å². The number of benzene rings is 3. The lowest BCUT2D eigenvalue weighted by Gasteiger charge is -2.13.